The maximum Gasteiger partial charge on any atom is 0.0620 e. The lowest BCUT2D eigenvalue weighted by molar-refractivity contribution is 0.0835. The van der Waals surface area contributed by atoms with Crippen LogP contribution in [-0.4, -0.2) is 50.3 Å². The van der Waals surface area contributed by atoms with E-state index in [0.717, 1.165) is 32.8 Å². The topological polar surface area (TPSA) is 24.5 Å². The third kappa shape index (κ3) is 5.50. The zero-order chi connectivity index (χ0) is 10.9. The van der Waals surface area contributed by atoms with Gasteiger partial charge in [0.1, 0.15) is 0 Å². The second-order valence-electron chi connectivity index (χ2n) is 4.25. The fraction of sp³-hybridized carbons (Fsp3) is 1.00. The molecule has 3 heteroatoms. The molecule has 0 aromatic carbocycles. The van der Waals surface area contributed by atoms with Gasteiger partial charge in [0.05, 0.1) is 13.2 Å². The van der Waals surface area contributed by atoms with E-state index in [0.29, 0.717) is 6.04 Å². The summed E-state index contributed by atoms with van der Waals surface area (Å²) in [6.07, 6.45) is 3.97. The number of rotatable bonds is 7. The number of nitrogens with one attached hydrogen (secondary N) is 1. The van der Waals surface area contributed by atoms with Crippen molar-refractivity contribution in [2.75, 3.05) is 39.4 Å². The molecule has 1 saturated heterocycles. The van der Waals surface area contributed by atoms with Crippen molar-refractivity contribution in [3.8, 4) is 0 Å². The zero-order valence-electron chi connectivity index (χ0n) is 10.3. The summed E-state index contributed by atoms with van der Waals surface area (Å²) in [7, 11) is 0. The first kappa shape index (κ1) is 12.9. The minimum atomic E-state index is 0.607. The summed E-state index contributed by atoms with van der Waals surface area (Å²) in [6.45, 7) is 10.7. The maximum atomic E-state index is 5.70. The van der Waals surface area contributed by atoms with Crippen LogP contribution in [0.1, 0.15) is 33.1 Å². The maximum absolute atomic E-state index is 5.70. The van der Waals surface area contributed by atoms with Crippen molar-refractivity contribution in [3.63, 3.8) is 0 Å². The number of nitrogens with zero attached hydrogens (tertiary/aromatic N) is 1. The van der Waals surface area contributed by atoms with Gasteiger partial charge in [-0.15, -0.1) is 0 Å². The van der Waals surface area contributed by atoms with Crippen LogP contribution >= 0.6 is 0 Å². The van der Waals surface area contributed by atoms with Crippen LogP contribution in [0.3, 0.4) is 0 Å². The largest absolute Gasteiger partial charge is 0.379 e. The van der Waals surface area contributed by atoms with E-state index in [4.69, 9.17) is 4.74 Å². The normalized spacial score (nSPS) is 22.2. The third-order valence-corrected chi connectivity index (χ3v) is 3.18. The average Bonchev–Trinajstić information content (AvgIpc) is 2.31. The van der Waals surface area contributed by atoms with E-state index in [1.54, 1.807) is 0 Å². The Bertz CT molecular complexity index is 143. The molecule has 1 N–H and O–H groups in total. The second-order valence-corrected chi connectivity index (χ2v) is 4.25. The molecule has 1 aliphatic heterocycles. The van der Waals surface area contributed by atoms with Gasteiger partial charge in [-0.05, 0) is 32.5 Å². The molecule has 3 nitrogen and oxygen atoms in total. The molecule has 1 heterocycles. The van der Waals surface area contributed by atoms with Crippen molar-refractivity contribution in [1.29, 1.82) is 0 Å². The Morgan fingerprint density at radius 2 is 2.07 bits per heavy atom. The molecule has 0 aliphatic carbocycles. The van der Waals surface area contributed by atoms with Gasteiger partial charge in [0.25, 0.3) is 0 Å². The second kappa shape index (κ2) is 8.08. The van der Waals surface area contributed by atoms with E-state index in [1.165, 1.54) is 25.8 Å². The van der Waals surface area contributed by atoms with E-state index in [-0.39, 0.29) is 0 Å². The van der Waals surface area contributed by atoms with Gasteiger partial charge in [0.15, 0.2) is 0 Å². The van der Waals surface area contributed by atoms with Gasteiger partial charge in [0, 0.05) is 12.6 Å². The van der Waals surface area contributed by atoms with Crippen molar-refractivity contribution in [1.82, 2.24) is 10.2 Å². The monoisotopic (exact) mass is 214 g/mol. The highest BCUT2D eigenvalue weighted by Crippen LogP contribution is 2.06. The lowest BCUT2D eigenvalue weighted by Gasteiger charge is -2.24. The number of piperidine rings is 1. The summed E-state index contributed by atoms with van der Waals surface area (Å²) in [6, 6.07) is 0.607. The summed E-state index contributed by atoms with van der Waals surface area (Å²) in [5.74, 6) is 0. The van der Waals surface area contributed by atoms with Crippen LogP contribution in [0.5, 0.6) is 0 Å². The van der Waals surface area contributed by atoms with Crippen LogP contribution in [-0.2, 0) is 4.74 Å². The van der Waals surface area contributed by atoms with Gasteiger partial charge in [0.2, 0.25) is 0 Å². The van der Waals surface area contributed by atoms with Crippen LogP contribution < -0.4 is 5.32 Å². The van der Waals surface area contributed by atoms with Gasteiger partial charge in [-0.3, -0.25) is 0 Å². The van der Waals surface area contributed by atoms with Crippen LogP contribution in [0.25, 0.3) is 0 Å². The van der Waals surface area contributed by atoms with E-state index in [2.05, 4.69) is 24.1 Å². The van der Waals surface area contributed by atoms with Crippen molar-refractivity contribution in [2.45, 2.75) is 39.2 Å². The molecule has 1 unspecified atom stereocenters. The summed E-state index contributed by atoms with van der Waals surface area (Å²) in [5, 5.41) is 3.50. The Morgan fingerprint density at radius 1 is 1.27 bits per heavy atom. The minimum absolute atomic E-state index is 0.607. The number of hydrogen-bond donors (Lipinski definition) is 1. The smallest absolute Gasteiger partial charge is 0.0620 e. The molecule has 1 aliphatic rings. The van der Waals surface area contributed by atoms with Gasteiger partial charge >= 0.3 is 0 Å². The Labute approximate surface area is 94.2 Å². The van der Waals surface area contributed by atoms with Crippen molar-refractivity contribution < 1.29 is 4.74 Å². The molecule has 15 heavy (non-hydrogen) atoms. The van der Waals surface area contributed by atoms with Gasteiger partial charge in [-0.25, -0.2) is 0 Å². The summed E-state index contributed by atoms with van der Waals surface area (Å²) in [4.78, 5) is 2.40. The Morgan fingerprint density at radius 3 is 2.67 bits per heavy atom. The average molecular weight is 214 g/mol. The molecule has 0 bridgehead atoms. The van der Waals surface area contributed by atoms with E-state index in [1.807, 2.05) is 0 Å². The molecule has 0 spiro atoms. The Hall–Kier alpha value is -0.120. The van der Waals surface area contributed by atoms with Gasteiger partial charge in [-0.2, -0.15) is 0 Å². The molecule has 0 amide bonds. The van der Waals surface area contributed by atoms with Crippen molar-refractivity contribution >= 4 is 0 Å². The standard InChI is InChI=1S/C12H26N2O/c1-3-14(4-2)9-10-15-11-12-7-5-6-8-13-12/h12-13H,3-11H2,1-2H3. The summed E-state index contributed by atoms with van der Waals surface area (Å²) >= 11 is 0. The molecule has 0 radical (unpaired) electrons. The Kier molecular flexibility index (Phi) is 6.98. The van der Waals surface area contributed by atoms with Crippen LogP contribution in [0.2, 0.25) is 0 Å². The van der Waals surface area contributed by atoms with Crippen LogP contribution in [0.15, 0.2) is 0 Å². The number of ether oxygens (including phenoxy) is 1. The predicted octanol–water partition coefficient (Wildman–Crippen LogP) is 1.49. The summed E-state index contributed by atoms with van der Waals surface area (Å²) < 4.78 is 5.70. The molecule has 1 fully saturated rings. The van der Waals surface area contributed by atoms with E-state index in [9.17, 15) is 0 Å². The summed E-state index contributed by atoms with van der Waals surface area (Å²) in [5.41, 5.74) is 0. The molecule has 0 aromatic rings. The molecule has 0 aromatic heterocycles. The predicted molar refractivity (Wildman–Crippen MR) is 64.2 cm³/mol. The SMILES string of the molecule is CCN(CC)CCOCC1CCCCN1. The van der Waals surface area contributed by atoms with Crippen LogP contribution in [0.4, 0.5) is 0 Å². The highest BCUT2D eigenvalue weighted by molar-refractivity contribution is 4.71. The zero-order valence-corrected chi connectivity index (χ0v) is 10.3. The van der Waals surface area contributed by atoms with Crippen LogP contribution in [0, 0.1) is 0 Å². The fourth-order valence-electron chi connectivity index (χ4n) is 2.03. The number of likely N-dealkylation sites (N-methyl/N-ethyl adjacent to an activating group) is 1. The fourth-order valence-corrected chi connectivity index (χ4v) is 2.03. The molecular weight excluding hydrogens is 188 g/mol. The van der Waals surface area contributed by atoms with Gasteiger partial charge in [-0.1, -0.05) is 20.3 Å². The molecular formula is C12H26N2O. The Balaban J connectivity index is 1.95. The minimum Gasteiger partial charge on any atom is -0.379 e. The lowest BCUT2D eigenvalue weighted by atomic mass is 10.1. The lowest BCUT2D eigenvalue weighted by Crippen LogP contribution is -2.38. The molecule has 1 rings (SSSR count). The van der Waals surface area contributed by atoms with Crippen molar-refractivity contribution in [3.05, 3.63) is 0 Å². The van der Waals surface area contributed by atoms with E-state index < -0.39 is 0 Å². The number of hydrogen-bond acceptors (Lipinski definition) is 3. The highest BCUT2D eigenvalue weighted by Gasteiger charge is 2.11. The van der Waals surface area contributed by atoms with E-state index >= 15 is 0 Å². The first-order valence-electron chi connectivity index (χ1n) is 6.40. The quantitative estimate of drug-likeness (QED) is 0.650. The molecule has 1 atom stereocenters. The van der Waals surface area contributed by atoms with Gasteiger partial charge < -0.3 is 15.0 Å². The van der Waals surface area contributed by atoms with Crippen molar-refractivity contribution in [2.24, 2.45) is 0 Å². The molecule has 0 saturated carbocycles. The highest BCUT2D eigenvalue weighted by atomic mass is 16.5. The molecule has 90 valence electrons. The first-order valence-corrected chi connectivity index (χ1v) is 6.40. The third-order valence-electron chi connectivity index (χ3n) is 3.18. The first-order chi connectivity index (χ1) is 7.36.